The molecule has 1 atom stereocenters. The minimum Gasteiger partial charge on any atom is -0.325 e. The second-order valence-corrected chi connectivity index (χ2v) is 9.63. The standard InChI is InChI=1S/C27H27ClN4OS/c1-4-19(3)20-8-12-23(13-9-20)29-25(33)17-34-27-31-30-26(21-7-5-6-18(2)16-21)32(27)24-14-10-22(28)11-15-24/h5-16,19H,4,17H2,1-3H3,(H,29,33)/t19-/m0/s1. The van der Waals surface area contributed by atoms with Crippen LogP contribution in [-0.4, -0.2) is 26.4 Å². The molecule has 0 aliphatic heterocycles. The predicted molar refractivity (Wildman–Crippen MR) is 141 cm³/mol. The van der Waals surface area contributed by atoms with Gasteiger partial charge in [0.05, 0.1) is 5.75 Å². The molecule has 0 fully saturated rings. The Morgan fingerprint density at radius 2 is 1.79 bits per heavy atom. The fraction of sp³-hybridized carbons (Fsp3) is 0.222. The van der Waals surface area contributed by atoms with Crippen molar-refractivity contribution in [2.45, 2.75) is 38.3 Å². The summed E-state index contributed by atoms with van der Waals surface area (Å²) in [5.41, 5.74) is 5.04. The number of carbonyl (C=O) groups is 1. The topological polar surface area (TPSA) is 59.8 Å². The molecular formula is C27H27ClN4OS. The summed E-state index contributed by atoms with van der Waals surface area (Å²) in [6.07, 6.45) is 1.08. The van der Waals surface area contributed by atoms with Gasteiger partial charge in [-0.15, -0.1) is 10.2 Å². The number of nitrogens with one attached hydrogen (secondary N) is 1. The van der Waals surface area contributed by atoms with E-state index in [9.17, 15) is 4.79 Å². The van der Waals surface area contributed by atoms with Crippen molar-refractivity contribution >= 4 is 35.0 Å². The van der Waals surface area contributed by atoms with Crippen molar-refractivity contribution in [3.8, 4) is 17.1 Å². The van der Waals surface area contributed by atoms with Crippen LogP contribution >= 0.6 is 23.4 Å². The molecule has 4 aromatic rings. The zero-order chi connectivity index (χ0) is 24.1. The van der Waals surface area contributed by atoms with E-state index >= 15 is 0 Å². The summed E-state index contributed by atoms with van der Waals surface area (Å²) in [5.74, 6) is 1.34. The maximum Gasteiger partial charge on any atom is 0.234 e. The third-order valence-electron chi connectivity index (χ3n) is 5.70. The van der Waals surface area contributed by atoms with Crippen molar-refractivity contribution in [2.75, 3.05) is 11.1 Å². The Labute approximate surface area is 209 Å². The molecule has 34 heavy (non-hydrogen) atoms. The highest BCUT2D eigenvalue weighted by atomic mass is 35.5. The number of benzene rings is 3. The van der Waals surface area contributed by atoms with Gasteiger partial charge >= 0.3 is 0 Å². The van der Waals surface area contributed by atoms with Gasteiger partial charge in [0.2, 0.25) is 5.91 Å². The molecule has 7 heteroatoms. The molecule has 0 spiro atoms. The summed E-state index contributed by atoms with van der Waals surface area (Å²) in [6.45, 7) is 6.42. The first-order valence-corrected chi connectivity index (χ1v) is 12.6. The fourth-order valence-corrected chi connectivity index (χ4v) is 4.49. The molecule has 1 aromatic heterocycles. The van der Waals surface area contributed by atoms with E-state index in [1.807, 2.05) is 66.1 Å². The minimum atomic E-state index is -0.0935. The molecule has 0 saturated heterocycles. The second-order valence-electron chi connectivity index (χ2n) is 8.26. The smallest absolute Gasteiger partial charge is 0.234 e. The lowest BCUT2D eigenvalue weighted by atomic mass is 9.99. The van der Waals surface area contributed by atoms with Crippen LogP contribution in [0.15, 0.2) is 78.0 Å². The summed E-state index contributed by atoms with van der Waals surface area (Å²) < 4.78 is 1.96. The molecule has 174 valence electrons. The molecule has 1 N–H and O–H groups in total. The molecule has 0 aliphatic carbocycles. The Balaban J connectivity index is 1.53. The molecule has 1 amide bonds. The second kappa shape index (κ2) is 10.9. The van der Waals surface area contributed by atoms with Gasteiger partial charge in [-0.05, 0) is 67.3 Å². The number of hydrogen-bond acceptors (Lipinski definition) is 4. The normalized spacial score (nSPS) is 11.9. The van der Waals surface area contributed by atoms with Crippen molar-refractivity contribution in [1.29, 1.82) is 0 Å². The average molecular weight is 491 g/mol. The Morgan fingerprint density at radius 3 is 2.47 bits per heavy atom. The van der Waals surface area contributed by atoms with E-state index in [0.717, 1.165) is 34.7 Å². The van der Waals surface area contributed by atoms with Gasteiger partial charge in [0.15, 0.2) is 11.0 Å². The molecule has 4 rings (SSSR count). The zero-order valence-corrected chi connectivity index (χ0v) is 21.0. The van der Waals surface area contributed by atoms with E-state index in [4.69, 9.17) is 11.6 Å². The zero-order valence-electron chi connectivity index (χ0n) is 19.5. The number of thioether (sulfide) groups is 1. The van der Waals surface area contributed by atoms with Crippen LogP contribution in [0.25, 0.3) is 17.1 Å². The van der Waals surface area contributed by atoms with E-state index in [1.54, 1.807) is 0 Å². The van der Waals surface area contributed by atoms with Gasteiger partial charge in [-0.25, -0.2) is 0 Å². The van der Waals surface area contributed by atoms with Gasteiger partial charge in [0, 0.05) is 22.0 Å². The summed E-state index contributed by atoms with van der Waals surface area (Å²) in [7, 11) is 0. The first kappa shape index (κ1) is 24.0. The Kier molecular flexibility index (Phi) is 7.70. The monoisotopic (exact) mass is 490 g/mol. The third-order valence-corrected chi connectivity index (χ3v) is 6.88. The van der Waals surface area contributed by atoms with Crippen LogP contribution in [0.4, 0.5) is 5.69 Å². The van der Waals surface area contributed by atoms with Crippen molar-refractivity contribution in [1.82, 2.24) is 14.8 Å². The third kappa shape index (κ3) is 5.69. The quantitative estimate of drug-likeness (QED) is 0.266. The van der Waals surface area contributed by atoms with Gasteiger partial charge in [0.25, 0.3) is 0 Å². The molecule has 0 unspecified atom stereocenters. The van der Waals surface area contributed by atoms with Gasteiger partial charge in [-0.2, -0.15) is 0 Å². The Hall–Kier alpha value is -3.09. The van der Waals surface area contributed by atoms with E-state index < -0.39 is 0 Å². The number of amides is 1. The lowest BCUT2D eigenvalue weighted by Gasteiger charge is -2.12. The highest BCUT2D eigenvalue weighted by Gasteiger charge is 2.17. The van der Waals surface area contributed by atoms with Crippen molar-refractivity contribution in [3.63, 3.8) is 0 Å². The number of halogens is 1. The Morgan fingerprint density at radius 1 is 1.06 bits per heavy atom. The summed E-state index contributed by atoms with van der Waals surface area (Å²) >= 11 is 7.46. The molecule has 0 saturated carbocycles. The maximum absolute atomic E-state index is 12.7. The highest BCUT2D eigenvalue weighted by Crippen LogP contribution is 2.29. The number of hydrogen-bond donors (Lipinski definition) is 1. The number of anilines is 1. The molecule has 1 heterocycles. The SMILES string of the molecule is CC[C@H](C)c1ccc(NC(=O)CSc2nnc(-c3cccc(C)c3)n2-c2ccc(Cl)cc2)cc1. The molecule has 0 aliphatic rings. The van der Waals surface area contributed by atoms with Crippen LogP contribution < -0.4 is 5.32 Å². The van der Waals surface area contributed by atoms with Crippen LogP contribution in [0, 0.1) is 6.92 Å². The number of aryl methyl sites for hydroxylation is 1. The van der Waals surface area contributed by atoms with Gasteiger partial charge in [0.1, 0.15) is 0 Å². The van der Waals surface area contributed by atoms with Crippen molar-refractivity contribution in [2.24, 2.45) is 0 Å². The molecule has 5 nitrogen and oxygen atoms in total. The predicted octanol–water partition coefficient (Wildman–Crippen LogP) is 7.14. The van der Waals surface area contributed by atoms with Gasteiger partial charge < -0.3 is 5.32 Å². The molecule has 0 radical (unpaired) electrons. The lowest BCUT2D eigenvalue weighted by Crippen LogP contribution is -2.14. The fourth-order valence-electron chi connectivity index (χ4n) is 3.62. The molecule has 0 bridgehead atoms. The average Bonchev–Trinajstić information content (AvgIpc) is 3.27. The largest absolute Gasteiger partial charge is 0.325 e. The number of carbonyl (C=O) groups excluding carboxylic acids is 1. The first-order valence-electron chi connectivity index (χ1n) is 11.3. The minimum absolute atomic E-state index is 0.0935. The van der Waals surface area contributed by atoms with E-state index in [1.165, 1.54) is 17.3 Å². The summed E-state index contributed by atoms with van der Waals surface area (Å²) in [6, 6.07) is 23.7. The van der Waals surface area contributed by atoms with E-state index in [-0.39, 0.29) is 11.7 Å². The number of aromatic nitrogens is 3. The Bertz CT molecular complexity index is 1270. The summed E-state index contributed by atoms with van der Waals surface area (Å²) in [4.78, 5) is 12.7. The molecular weight excluding hydrogens is 464 g/mol. The number of nitrogens with zero attached hydrogens (tertiary/aromatic N) is 3. The van der Waals surface area contributed by atoms with Crippen LogP contribution in [0.5, 0.6) is 0 Å². The van der Waals surface area contributed by atoms with Crippen molar-refractivity contribution < 1.29 is 4.79 Å². The van der Waals surface area contributed by atoms with Gasteiger partial charge in [-0.1, -0.05) is 73.1 Å². The summed E-state index contributed by atoms with van der Waals surface area (Å²) in [5, 5.41) is 13.1. The van der Waals surface area contributed by atoms with E-state index in [2.05, 4.69) is 47.6 Å². The van der Waals surface area contributed by atoms with E-state index in [0.29, 0.717) is 16.1 Å². The molecule has 3 aromatic carbocycles. The van der Waals surface area contributed by atoms with Crippen molar-refractivity contribution in [3.05, 3.63) is 88.9 Å². The van der Waals surface area contributed by atoms with Crippen LogP contribution in [-0.2, 0) is 4.79 Å². The number of rotatable bonds is 8. The maximum atomic E-state index is 12.7. The lowest BCUT2D eigenvalue weighted by molar-refractivity contribution is -0.113. The first-order chi connectivity index (χ1) is 16.4. The van der Waals surface area contributed by atoms with Crippen LogP contribution in [0.1, 0.15) is 37.3 Å². The highest BCUT2D eigenvalue weighted by molar-refractivity contribution is 7.99. The van der Waals surface area contributed by atoms with Crippen LogP contribution in [0.2, 0.25) is 5.02 Å². The van der Waals surface area contributed by atoms with Gasteiger partial charge in [-0.3, -0.25) is 9.36 Å². The van der Waals surface area contributed by atoms with Crippen LogP contribution in [0.3, 0.4) is 0 Å².